The summed E-state index contributed by atoms with van der Waals surface area (Å²) >= 11 is 0. The first-order valence-corrected chi connectivity index (χ1v) is 9.80. The van der Waals surface area contributed by atoms with Gasteiger partial charge in [0, 0.05) is 0 Å². The average molecular weight is 440 g/mol. The highest BCUT2D eigenvalue weighted by Crippen LogP contribution is 2.36. The molecule has 0 aliphatic carbocycles. The molecule has 1 N–H and O–H groups in total. The predicted octanol–water partition coefficient (Wildman–Crippen LogP) is 3.27. The number of ether oxygens (including phenoxy) is 1. The number of rotatable bonds is 4. The van der Waals surface area contributed by atoms with Crippen molar-refractivity contribution in [3.8, 4) is 11.6 Å². The summed E-state index contributed by atoms with van der Waals surface area (Å²) in [6, 6.07) is 2.05. The highest BCUT2D eigenvalue weighted by molar-refractivity contribution is 5.92. The van der Waals surface area contributed by atoms with Crippen molar-refractivity contribution in [2.45, 2.75) is 44.8 Å². The molecule has 166 valence electrons. The van der Waals surface area contributed by atoms with Gasteiger partial charge in [-0.15, -0.1) is 5.10 Å². The van der Waals surface area contributed by atoms with Gasteiger partial charge in [0.15, 0.2) is 5.82 Å². The lowest BCUT2D eigenvalue weighted by Gasteiger charge is -2.21. The Morgan fingerprint density at radius 3 is 2.61 bits per heavy atom. The van der Waals surface area contributed by atoms with Crippen molar-refractivity contribution >= 4 is 16.9 Å². The Labute approximate surface area is 174 Å². The van der Waals surface area contributed by atoms with E-state index in [0.717, 1.165) is 38.1 Å². The fraction of sp³-hybridized carbons (Fsp3) is 0.474. The van der Waals surface area contributed by atoms with Crippen molar-refractivity contribution in [2.75, 3.05) is 13.1 Å². The number of benzene rings is 1. The number of carbonyl (C=O) groups excluding carboxylic acids is 1. The van der Waals surface area contributed by atoms with Crippen LogP contribution >= 0.6 is 0 Å². The highest BCUT2D eigenvalue weighted by Gasteiger charge is 2.42. The molecule has 3 heterocycles. The number of esters is 1. The normalized spacial score (nSPS) is 15.7. The standard InChI is InChI=1S/C19H20F4N6O2/c1-10(2)16-15-13(31-18(30)19(21,22)23)4-3-12(20)17(15)29(26-16)14-9-28(27-25-14)11-5-7-24-8-6-11/h3-4,9-11,24H,5-8H2,1-2H3. The molecule has 0 spiro atoms. The van der Waals surface area contributed by atoms with Crippen LogP contribution in [0.5, 0.6) is 5.75 Å². The second-order valence-electron chi connectivity index (χ2n) is 7.65. The van der Waals surface area contributed by atoms with Crippen molar-refractivity contribution in [2.24, 2.45) is 0 Å². The fourth-order valence-corrected chi connectivity index (χ4v) is 3.64. The molecule has 0 saturated carbocycles. The lowest BCUT2D eigenvalue weighted by Crippen LogP contribution is -2.29. The number of carbonyl (C=O) groups is 1. The quantitative estimate of drug-likeness (QED) is 0.381. The zero-order valence-corrected chi connectivity index (χ0v) is 16.8. The van der Waals surface area contributed by atoms with Crippen LogP contribution in [-0.2, 0) is 4.79 Å². The summed E-state index contributed by atoms with van der Waals surface area (Å²) in [5.74, 6) is -3.63. The Hall–Kier alpha value is -3.02. The van der Waals surface area contributed by atoms with Crippen LogP contribution in [0.3, 0.4) is 0 Å². The first-order chi connectivity index (χ1) is 14.7. The third kappa shape index (κ3) is 3.99. The van der Waals surface area contributed by atoms with E-state index in [9.17, 15) is 22.4 Å². The van der Waals surface area contributed by atoms with Crippen LogP contribution in [0.2, 0.25) is 0 Å². The van der Waals surface area contributed by atoms with Crippen LogP contribution in [-0.4, -0.2) is 50.0 Å². The average Bonchev–Trinajstić information content (AvgIpc) is 3.35. The molecule has 8 nitrogen and oxygen atoms in total. The molecule has 0 radical (unpaired) electrons. The molecule has 0 amide bonds. The number of hydrogen-bond acceptors (Lipinski definition) is 6. The van der Waals surface area contributed by atoms with Crippen LogP contribution in [0.25, 0.3) is 16.7 Å². The predicted molar refractivity (Wildman–Crippen MR) is 102 cm³/mol. The van der Waals surface area contributed by atoms with Gasteiger partial charge in [-0.3, -0.25) is 0 Å². The highest BCUT2D eigenvalue weighted by atomic mass is 19.4. The maximum atomic E-state index is 14.8. The number of piperidine rings is 1. The molecule has 31 heavy (non-hydrogen) atoms. The van der Waals surface area contributed by atoms with Gasteiger partial charge in [0.1, 0.15) is 17.1 Å². The molecule has 0 atom stereocenters. The summed E-state index contributed by atoms with van der Waals surface area (Å²) in [7, 11) is 0. The largest absolute Gasteiger partial charge is 0.491 e. The molecule has 0 unspecified atom stereocenters. The van der Waals surface area contributed by atoms with Crippen LogP contribution < -0.4 is 10.1 Å². The van der Waals surface area contributed by atoms with Crippen molar-refractivity contribution in [3.63, 3.8) is 0 Å². The lowest BCUT2D eigenvalue weighted by molar-refractivity contribution is -0.189. The third-order valence-corrected chi connectivity index (χ3v) is 5.15. The Kier molecular flexibility index (Phi) is 5.42. The molecule has 1 aliphatic rings. The molecule has 0 bridgehead atoms. The number of alkyl halides is 3. The molecule has 1 saturated heterocycles. The maximum absolute atomic E-state index is 14.8. The Balaban J connectivity index is 1.83. The Bertz CT molecular complexity index is 1110. The Morgan fingerprint density at radius 2 is 1.97 bits per heavy atom. The number of nitrogens with zero attached hydrogens (tertiary/aromatic N) is 5. The summed E-state index contributed by atoms with van der Waals surface area (Å²) < 4.78 is 60.4. The first-order valence-electron chi connectivity index (χ1n) is 9.80. The summed E-state index contributed by atoms with van der Waals surface area (Å²) in [5, 5.41) is 15.9. The Morgan fingerprint density at radius 1 is 1.26 bits per heavy atom. The second-order valence-corrected chi connectivity index (χ2v) is 7.65. The number of fused-ring (bicyclic) bond motifs is 1. The molecule has 1 aromatic carbocycles. The SMILES string of the molecule is CC(C)c1nn(-c2cn(C3CCNCC3)nn2)c2c(F)ccc(OC(=O)C(F)(F)F)c12. The second kappa shape index (κ2) is 7.91. The first kappa shape index (κ1) is 21.2. The summed E-state index contributed by atoms with van der Waals surface area (Å²) in [4.78, 5) is 11.4. The summed E-state index contributed by atoms with van der Waals surface area (Å²) in [5.41, 5.74) is 0.143. The number of halogens is 4. The van der Waals surface area contributed by atoms with E-state index in [4.69, 9.17) is 0 Å². The number of aromatic nitrogens is 5. The molecular formula is C19H20F4N6O2. The topological polar surface area (TPSA) is 86.9 Å². The van der Waals surface area contributed by atoms with Gasteiger partial charge in [0.2, 0.25) is 0 Å². The minimum atomic E-state index is -5.19. The lowest BCUT2D eigenvalue weighted by atomic mass is 10.1. The molecule has 3 aromatic rings. The smallest absolute Gasteiger partial charge is 0.419 e. The summed E-state index contributed by atoms with van der Waals surface area (Å²) in [6.07, 6.45) is -1.86. The molecule has 12 heteroatoms. The van der Waals surface area contributed by atoms with Gasteiger partial charge < -0.3 is 10.1 Å². The third-order valence-electron chi connectivity index (χ3n) is 5.15. The molecule has 4 rings (SSSR count). The van der Waals surface area contributed by atoms with Crippen molar-refractivity contribution in [1.82, 2.24) is 30.1 Å². The number of nitrogens with one attached hydrogen (secondary N) is 1. The van der Waals surface area contributed by atoms with Gasteiger partial charge in [-0.05, 0) is 44.0 Å². The molecular weight excluding hydrogens is 420 g/mol. The van der Waals surface area contributed by atoms with Crippen LogP contribution in [0.4, 0.5) is 17.6 Å². The maximum Gasteiger partial charge on any atom is 0.491 e. The minimum absolute atomic E-state index is 0.0102. The monoisotopic (exact) mass is 440 g/mol. The van der Waals surface area contributed by atoms with E-state index < -0.39 is 23.7 Å². The van der Waals surface area contributed by atoms with E-state index in [2.05, 4.69) is 25.5 Å². The van der Waals surface area contributed by atoms with Gasteiger partial charge in [-0.25, -0.2) is 18.5 Å². The van der Waals surface area contributed by atoms with Gasteiger partial charge in [0.05, 0.1) is 23.3 Å². The van der Waals surface area contributed by atoms with Crippen molar-refractivity contribution in [1.29, 1.82) is 0 Å². The van der Waals surface area contributed by atoms with E-state index in [0.29, 0.717) is 0 Å². The van der Waals surface area contributed by atoms with E-state index in [-0.39, 0.29) is 34.4 Å². The van der Waals surface area contributed by atoms with Gasteiger partial charge in [0.25, 0.3) is 0 Å². The molecule has 1 aliphatic heterocycles. The van der Waals surface area contributed by atoms with Crippen molar-refractivity contribution in [3.05, 3.63) is 29.8 Å². The fourth-order valence-electron chi connectivity index (χ4n) is 3.64. The van der Waals surface area contributed by atoms with E-state index in [1.54, 1.807) is 24.7 Å². The molecule has 2 aromatic heterocycles. The van der Waals surface area contributed by atoms with Crippen molar-refractivity contribution < 1.29 is 27.1 Å². The van der Waals surface area contributed by atoms with Gasteiger partial charge in [-0.1, -0.05) is 19.1 Å². The minimum Gasteiger partial charge on any atom is -0.419 e. The zero-order chi connectivity index (χ0) is 22.3. The van der Waals surface area contributed by atoms with Crippen LogP contribution in [0.15, 0.2) is 18.3 Å². The van der Waals surface area contributed by atoms with E-state index in [1.807, 2.05) is 0 Å². The van der Waals surface area contributed by atoms with Gasteiger partial charge >= 0.3 is 12.1 Å². The van der Waals surface area contributed by atoms with Crippen LogP contribution in [0, 0.1) is 5.82 Å². The van der Waals surface area contributed by atoms with Gasteiger partial charge in [-0.2, -0.15) is 18.3 Å². The zero-order valence-electron chi connectivity index (χ0n) is 16.8. The van der Waals surface area contributed by atoms with Crippen LogP contribution in [0.1, 0.15) is 44.3 Å². The van der Waals surface area contributed by atoms with E-state index in [1.165, 1.54) is 4.68 Å². The number of hydrogen-bond donors (Lipinski definition) is 1. The summed E-state index contributed by atoms with van der Waals surface area (Å²) in [6.45, 7) is 5.17. The van der Waals surface area contributed by atoms with E-state index >= 15 is 0 Å². The molecule has 1 fully saturated rings.